The van der Waals surface area contributed by atoms with E-state index in [0.717, 1.165) is 20.7 Å². The number of benzene rings is 2. The maximum absolute atomic E-state index is 5.88. The predicted molar refractivity (Wildman–Crippen MR) is 93.4 cm³/mol. The van der Waals surface area contributed by atoms with Crippen LogP contribution in [0.25, 0.3) is 0 Å². The summed E-state index contributed by atoms with van der Waals surface area (Å²) in [6.45, 7) is 2.05. The number of rotatable bonds is 3. The van der Waals surface area contributed by atoms with E-state index in [1.54, 1.807) is 0 Å². The van der Waals surface area contributed by atoms with Crippen LogP contribution in [0.5, 0.6) is 0 Å². The molecule has 0 aliphatic rings. The fraction of sp³-hybridized carbons (Fsp3) is 0.133. The maximum Gasteiger partial charge on any atom is 0.171 e. The number of anilines is 1. The van der Waals surface area contributed by atoms with Gasteiger partial charge in [0.05, 0.1) is 6.04 Å². The lowest BCUT2D eigenvalue weighted by Crippen LogP contribution is -2.30. The molecule has 0 heterocycles. The summed E-state index contributed by atoms with van der Waals surface area (Å²) < 4.78 is 1.01. The Balaban J connectivity index is 1.95. The van der Waals surface area contributed by atoms with Crippen LogP contribution in [0, 0.1) is 0 Å². The fourth-order valence-corrected chi connectivity index (χ4v) is 2.58. The summed E-state index contributed by atoms with van der Waals surface area (Å²) in [4.78, 5) is 0. The van der Waals surface area contributed by atoms with Crippen LogP contribution < -0.4 is 10.6 Å². The van der Waals surface area contributed by atoms with Gasteiger partial charge in [-0.1, -0.05) is 45.7 Å². The molecule has 0 unspecified atom stereocenters. The molecule has 20 heavy (non-hydrogen) atoms. The Hall–Kier alpha value is -1.10. The minimum atomic E-state index is 0.111. The summed E-state index contributed by atoms with van der Waals surface area (Å²) >= 11 is 14.6. The summed E-state index contributed by atoms with van der Waals surface area (Å²) in [7, 11) is 0. The first kappa shape index (κ1) is 15.3. The normalized spacial score (nSPS) is 11.8. The Morgan fingerprint density at radius 2 is 1.90 bits per heavy atom. The van der Waals surface area contributed by atoms with E-state index in [9.17, 15) is 0 Å². The van der Waals surface area contributed by atoms with Gasteiger partial charge in [0.1, 0.15) is 0 Å². The quantitative estimate of drug-likeness (QED) is 0.732. The highest BCUT2D eigenvalue weighted by atomic mass is 79.9. The third kappa shape index (κ3) is 4.47. The predicted octanol–water partition coefficient (Wildman–Crippen LogP) is 5.15. The molecule has 0 amide bonds. The van der Waals surface area contributed by atoms with E-state index in [4.69, 9.17) is 23.8 Å². The van der Waals surface area contributed by atoms with Gasteiger partial charge in [0.2, 0.25) is 0 Å². The van der Waals surface area contributed by atoms with Crippen LogP contribution in [-0.2, 0) is 0 Å². The zero-order chi connectivity index (χ0) is 14.5. The van der Waals surface area contributed by atoms with Crippen molar-refractivity contribution in [2.45, 2.75) is 13.0 Å². The Morgan fingerprint density at radius 3 is 2.55 bits per heavy atom. The fourth-order valence-electron chi connectivity index (χ4n) is 1.76. The highest BCUT2D eigenvalue weighted by molar-refractivity contribution is 9.10. The third-order valence-corrected chi connectivity index (χ3v) is 3.77. The van der Waals surface area contributed by atoms with Crippen molar-refractivity contribution < 1.29 is 0 Å². The van der Waals surface area contributed by atoms with E-state index in [2.05, 4.69) is 33.5 Å². The van der Waals surface area contributed by atoms with Crippen molar-refractivity contribution >= 4 is 50.5 Å². The number of hydrogen-bond donors (Lipinski definition) is 2. The number of hydrogen-bond acceptors (Lipinski definition) is 1. The van der Waals surface area contributed by atoms with E-state index in [1.807, 2.05) is 48.5 Å². The lowest BCUT2D eigenvalue weighted by molar-refractivity contribution is 0.723. The molecule has 0 bridgehead atoms. The topological polar surface area (TPSA) is 24.1 Å². The maximum atomic E-state index is 5.88. The van der Waals surface area contributed by atoms with Gasteiger partial charge in [0.15, 0.2) is 5.11 Å². The molecule has 0 aliphatic carbocycles. The Morgan fingerprint density at radius 1 is 1.20 bits per heavy atom. The molecule has 0 saturated carbocycles. The lowest BCUT2D eigenvalue weighted by Gasteiger charge is -2.17. The standard InChI is InChI=1S/C15H14BrClN2S/c1-10(11-5-7-13(17)8-6-11)18-15(20)19-14-4-2-3-12(16)9-14/h2-10H,1H3,(H2,18,19,20)/t10-/m0/s1. The molecule has 2 aromatic rings. The summed E-state index contributed by atoms with van der Waals surface area (Å²) in [5.74, 6) is 0. The second-order valence-electron chi connectivity index (χ2n) is 4.38. The Kier molecular flexibility index (Phi) is 5.40. The second kappa shape index (κ2) is 7.07. The molecule has 2 aromatic carbocycles. The van der Waals surface area contributed by atoms with Gasteiger partial charge in [0.25, 0.3) is 0 Å². The summed E-state index contributed by atoms with van der Waals surface area (Å²) in [5.41, 5.74) is 2.08. The van der Waals surface area contributed by atoms with E-state index in [0.29, 0.717) is 5.11 Å². The summed E-state index contributed by atoms with van der Waals surface area (Å²) in [6, 6.07) is 15.7. The largest absolute Gasteiger partial charge is 0.356 e. The second-order valence-corrected chi connectivity index (χ2v) is 6.14. The van der Waals surface area contributed by atoms with Gasteiger partial charge < -0.3 is 10.6 Å². The molecule has 0 saturated heterocycles. The molecule has 2 N–H and O–H groups in total. The number of thiocarbonyl (C=S) groups is 1. The monoisotopic (exact) mass is 368 g/mol. The molecule has 5 heteroatoms. The molecule has 2 nitrogen and oxygen atoms in total. The first-order valence-electron chi connectivity index (χ1n) is 6.13. The van der Waals surface area contributed by atoms with Gasteiger partial charge >= 0.3 is 0 Å². The van der Waals surface area contributed by atoms with Crippen molar-refractivity contribution in [1.82, 2.24) is 5.32 Å². The van der Waals surface area contributed by atoms with Crippen molar-refractivity contribution in [3.63, 3.8) is 0 Å². The SMILES string of the molecule is C[C@H](NC(=S)Nc1cccc(Br)c1)c1ccc(Cl)cc1. The molecule has 0 fully saturated rings. The zero-order valence-electron chi connectivity index (χ0n) is 10.9. The van der Waals surface area contributed by atoms with Crippen LogP contribution in [0.3, 0.4) is 0 Å². The van der Waals surface area contributed by atoms with E-state index < -0.39 is 0 Å². The highest BCUT2D eigenvalue weighted by Crippen LogP contribution is 2.18. The lowest BCUT2D eigenvalue weighted by atomic mass is 10.1. The first-order chi connectivity index (χ1) is 9.54. The number of nitrogens with one attached hydrogen (secondary N) is 2. The van der Waals surface area contributed by atoms with Gasteiger partial charge in [-0.2, -0.15) is 0 Å². The summed E-state index contributed by atoms with van der Waals surface area (Å²) in [5, 5.41) is 7.73. The van der Waals surface area contributed by atoms with Crippen LogP contribution in [0.15, 0.2) is 53.0 Å². The minimum absolute atomic E-state index is 0.111. The third-order valence-electron chi connectivity index (χ3n) is 2.80. The molecular weight excluding hydrogens is 356 g/mol. The van der Waals surface area contributed by atoms with Gasteiger partial charge in [-0.3, -0.25) is 0 Å². The van der Waals surface area contributed by atoms with Crippen LogP contribution in [0.2, 0.25) is 5.02 Å². The van der Waals surface area contributed by atoms with Crippen molar-refractivity contribution in [1.29, 1.82) is 0 Å². The molecule has 0 spiro atoms. The van der Waals surface area contributed by atoms with Gasteiger partial charge in [-0.25, -0.2) is 0 Å². The van der Waals surface area contributed by atoms with Crippen LogP contribution in [0.4, 0.5) is 5.69 Å². The van der Waals surface area contributed by atoms with Gasteiger partial charge in [-0.15, -0.1) is 0 Å². The van der Waals surface area contributed by atoms with Gasteiger partial charge in [-0.05, 0) is 55.0 Å². The molecule has 0 aromatic heterocycles. The van der Waals surface area contributed by atoms with E-state index >= 15 is 0 Å². The summed E-state index contributed by atoms with van der Waals surface area (Å²) in [6.07, 6.45) is 0. The molecule has 1 atom stereocenters. The van der Waals surface area contributed by atoms with Crippen molar-refractivity contribution in [3.05, 3.63) is 63.6 Å². The Labute approximate surface area is 137 Å². The van der Waals surface area contributed by atoms with Crippen molar-refractivity contribution in [2.75, 3.05) is 5.32 Å². The molecule has 0 radical (unpaired) electrons. The van der Waals surface area contributed by atoms with Crippen LogP contribution in [0.1, 0.15) is 18.5 Å². The van der Waals surface area contributed by atoms with Crippen LogP contribution >= 0.6 is 39.7 Å². The minimum Gasteiger partial charge on any atom is -0.356 e. The van der Waals surface area contributed by atoms with E-state index in [1.165, 1.54) is 0 Å². The number of halogens is 2. The van der Waals surface area contributed by atoms with Crippen molar-refractivity contribution in [2.24, 2.45) is 0 Å². The van der Waals surface area contributed by atoms with Gasteiger partial charge in [0, 0.05) is 15.2 Å². The zero-order valence-corrected chi connectivity index (χ0v) is 14.0. The molecule has 104 valence electrons. The smallest absolute Gasteiger partial charge is 0.171 e. The Bertz CT molecular complexity index is 601. The molecule has 2 rings (SSSR count). The van der Waals surface area contributed by atoms with E-state index in [-0.39, 0.29) is 6.04 Å². The highest BCUT2D eigenvalue weighted by Gasteiger charge is 2.07. The average molecular weight is 370 g/mol. The molecular formula is C15H14BrClN2S. The van der Waals surface area contributed by atoms with Crippen molar-refractivity contribution in [3.8, 4) is 0 Å². The molecule has 0 aliphatic heterocycles. The van der Waals surface area contributed by atoms with Crippen LogP contribution in [-0.4, -0.2) is 5.11 Å². The average Bonchev–Trinajstić information content (AvgIpc) is 2.39. The first-order valence-corrected chi connectivity index (χ1v) is 7.71.